The summed E-state index contributed by atoms with van der Waals surface area (Å²) in [7, 11) is 0. The Morgan fingerprint density at radius 3 is 1.06 bits per heavy atom. The van der Waals surface area contributed by atoms with Crippen molar-refractivity contribution in [1.82, 2.24) is 24.1 Å². The molecule has 12 rings (SSSR count). The molecule has 6 heteroatoms. The van der Waals surface area contributed by atoms with Crippen molar-refractivity contribution >= 4 is 43.6 Å². The Balaban J connectivity index is 1.21. The lowest BCUT2D eigenvalue weighted by Gasteiger charge is -2.21. The van der Waals surface area contributed by atoms with E-state index in [9.17, 15) is 5.26 Å². The molecule has 0 radical (unpaired) electrons. The van der Waals surface area contributed by atoms with E-state index < -0.39 is 0 Å². The van der Waals surface area contributed by atoms with E-state index in [1.165, 1.54) is 43.8 Å². The minimum atomic E-state index is -0.0636. The normalized spacial score (nSPS) is 12.5. The second-order valence-electron chi connectivity index (χ2n) is 25.8. The number of rotatable bonds is 7. The van der Waals surface area contributed by atoms with E-state index in [0.29, 0.717) is 23.0 Å². The van der Waals surface area contributed by atoms with Crippen molar-refractivity contribution < 1.29 is 0 Å². The number of benzene rings is 9. The maximum atomic E-state index is 10.1. The van der Waals surface area contributed by atoms with Crippen molar-refractivity contribution in [3.05, 3.63) is 222 Å². The van der Waals surface area contributed by atoms with E-state index in [2.05, 4.69) is 238 Å². The van der Waals surface area contributed by atoms with Gasteiger partial charge in [0.2, 0.25) is 0 Å². The smallest absolute Gasteiger partial charge is 0.166 e. The van der Waals surface area contributed by atoms with Gasteiger partial charge in [-0.25, -0.2) is 15.0 Å². The minimum Gasteiger partial charge on any atom is -0.309 e. The van der Waals surface area contributed by atoms with Crippen molar-refractivity contribution in [2.24, 2.45) is 0 Å². The van der Waals surface area contributed by atoms with Crippen LogP contribution in [0.3, 0.4) is 0 Å². The summed E-state index contributed by atoms with van der Waals surface area (Å²) >= 11 is 0. The highest BCUT2D eigenvalue weighted by Gasteiger charge is 2.27. The molecular formula is C74H68N6. The predicted molar refractivity (Wildman–Crippen MR) is 335 cm³/mol. The molecule has 0 atom stereocenters. The van der Waals surface area contributed by atoms with Crippen LogP contribution in [0.25, 0.3) is 111 Å². The standard InChI is InChI=1S/C74H68N6/c1-71(2,3)52-28-34-63-57(41-52)58-42-53(72(4,5)6)29-35-64(58)79(63)62-32-26-50(49-25-19-20-46(38-49)45-75)39-56(62)51-27-33-67(61(40-51)70-77-68(47-21-15-13-16-22-47)76-69(78-70)48-23-17-14-18-24-48)80-65-36-30-54(73(7,8)9)43-59(65)60-44-55(74(10,11)12)31-37-66(60)80/h13-44H,1-12H3. The van der Waals surface area contributed by atoms with Gasteiger partial charge in [0.05, 0.1) is 45.1 Å². The Morgan fingerprint density at radius 2 is 0.662 bits per heavy atom. The van der Waals surface area contributed by atoms with Gasteiger partial charge in [0.15, 0.2) is 17.5 Å². The fourth-order valence-electron chi connectivity index (χ4n) is 11.3. The van der Waals surface area contributed by atoms with Crippen LogP contribution >= 0.6 is 0 Å². The minimum absolute atomic E-state index is 0.0525. The van der Waals surface area contributed by atoms with Crippen LogP contribution in [0.1, 0.15) is 111 Å². The van der Waals surface area contributed by atoms with E-state index in [1.54, 1.807) is 0 Å². The molecule has 0 amide bonds. The Labute approximate surface area is 471 Å². The van der Waals surface area contributed by atoms with Crippen LogP contribution in [-0.4, -0.2) is 24.1 Å². The molecule has 0 saturated heterocycles. The Hall–Kier alpha value is -8.92. The lowest BCUT2D eigenvalue weighted by Crippen LogP contribution is -2.10. The molecule has 0 fully saturated rings. The quantitative estimate of drug-likeness (QED) is 0.159. The first-order valence-electron chi connectivity index (χ1n) is 28.0. The van der Waals surface area contributed by atoms with Gasteiger partial charge >= 0.3 is 0 Å². The SMILES string of the molecule is CC(C)(C)c1ccc2c(c1)c1cc(C(C)(C)C)ccc1n2-c1ccc(-c2cccc(C#N)c2)cc1-c1ccc(-n2c3ccc(C(C)(C)C)cc3c3cc(C(C)(C)C)ccc32)c(-c2nc(-c3ccccc3)nc(-c3ccccc3)n2)c1. The van der Waals surface area contributed by atoms with Crippen LogP contribution in [0.4, 0.5) is 0 Å². The van der Waals surface area contributed by atoms with Gasteiger partial charge in [-0.15, -0.1) is 0 Å². The highest BCUT2D eigenvalue weighted by atomic mass is 15.1. The molecule has 0 aliphatic carbocycles. The van der Waals surface area contributed by atoms with Crippen LogP contribution in [0, 0.1) is 11.3 Å². The molecule has 0 unspecified atom stereocenters. The fourth-order valence-corrected chi connectivity index (χ4v) is 11.3. The molecule has 9 aromatic carbocycles. The molecule has 394 valence electrons. The third kappa shape index (κ3) is 9.35. The number of aromatic nitrogens is 5. The van der Waals surface area contributed by atoms with E-state index >= 15 is 0 Å². The maximum absolute atomic E-state index is 10.1. The monoisotopic (exact) mass is 1040 g/mol. The zero-order chi connectivity index (χ0) is 56.0. The average molecular weight is 1040 g/mol. The van der Waals surface area contributed by atoms with Gasteiger partial charge < -0.3 is 9.13 Å². The highest BCUT2D eigenvalue weighted by Crippen LogP contribution is 2.45. The van der Waals surface area contributed by atoms with E-state index in [1.807, 2.05) is 54.6 Å². The Morgan fingerprint density at radius 1 is 0.312 bits per heavy atom. The number of hydrogen-bond acceptors (Lipinski definition) is 4. The molecule has 3 heterocycles. The first-order chi connectivity index (χ1) is 38.1. The van der Waals surface area contributed by atoms with E-state index in [0.717, 1.165) is 72.4 Å². The molecule has 0 N–H and O–H groups in total. The van der Waals surface area contributed by atoms with Crippen LogP contribution in [0.15, 0.2) is 194 Å². The summed E-state index contributed by atoms with van der Waals surface area (Å²) in [5.74, 6) is 1.74. The molecule has 6 nitrogen and oxygen atoms in total. The van der Waals surface area contributed by atoms with Crippen molar-refractivity contribution in [3.63, 3.8) is 0 Å². The highest BCUT2D eigenvalue weighted by molar-refractivity contribution is 6.12. The molecule has 12 aromatic rings. The van der Waals surface area contributed by atoms with Crippen LogP contribution < -0.4 is 0 Å². The number of fused-ring (bicyclic) bond motifs is 6. The maximum Gasteiger partial charge on any atom is 0.166 e. The average Bonchev–Trinajstić information content (AvgIpc) is 4.09. The Bertz CT molecular complexity index is 4240. The van der Waals surface area contributed by atoms with Crippen molar-refractivity contribution in [1.29, 1.82) is 5.26 Å². The summed E-state index contributed by atoms with van der Waals surface area (Å²) in [4.78, 5) is 16.2. The molecule has 0 bridgehead atoms. The summed E-state index contributed by atoms with van der Waals surface area (Å²) in [6, 6.07) is 72.4. The van der Waals surface area contributed by atoms with Crippen molar-refractivity contribution in [3.8, 4) is 73.9 Å². The lowest BCUT2D eigenvalue weighted by atomic mass is 9.85. The fraction of sp³-hybridized carbons (Fsp3) is 0.216. The second kappa shape index (κ2) is 19.2. The summed E-state index contributed by atoms with van der Waals surface area (Å²) in [5, 5.41) is 15.0. The van der Waals surface area contributed by atoms with Crippen LogP contribution in [-0.2, 0) is 21.7 Å². The molecule has 0 saturated carbocycles. The van der Waals surface area contributed by atoms with Crippen molar-refractivity contribution in [2.45, 2.75) is 105 Å². The van der Waals surface area contributed by atoms with E-state index in [4.69, 9.17) is 15.0 Å². The molecule has 0 aliphatic rings. The molecule has 3 aromatic heterocycles. The number of nitrogens with zero attached hydrogens (tertiary/aromatic N) is 6. The zero-order valence-electron chi connectivity index (χ0n) is 48.2. The first kappa shape index (κ1) is 51.8. The predicted octanol–water partition coefficient (Wildman–Crippen LogP) is 19.5. The summed E-state index contributed by atoms with van der Waals surface area (Å²) in [6.45, 7) is 27.5. The molecule has 80 heavy (non-hydrogen) atoms. The van der Waals surface area contributed by atoms with Gasteiger partial charge in [0.1, 0.15) is 0 Å². The van der Waals surface area contributed by atoms with Gasteiger partial charge in [-0.2, -0.15) is 5.26 Å². The van der Waals surface area contributed by atoms with Crippen LogP contribution in [0.5, 0.6) is 0 Å². The van der Waals surface area contributed by atoms with E-state index in [-0.39, 0.29) is 21.7 Å². The van der Waals surface area contributed by atoms with Crippen LogP contribution in [0.2, 0.25) is 0 Å². The summed E-state index contributed by atoms with van der Waals surface area (Å²) < 4.78 is 4.88. The van der Waals surface area contributed by atoms with Gasteiger partial charge in [0, 0.05) is 43.8 Å². The van der Waals surface area contributed by atoms with Gasteiger partial charge in [0.25, 0.3) is 0 Å². The second-order valence-corrected chi connectivity index (χ2v) is 25.8. The summed E-state index contributed by atoms with van der Waals surface area (Å²) in [6.07, 6.45) is 0. The number of hydrogen-bond donors (Lipinski definition) is 0. The first-order valence-corrected chi connectivity index (χ1v) is 28.0. The van der Waals surface area contributed by atoms with Gasteiger partial charge in [-0.3, -0.25) is 0 Å². The summed E-state index contributed by atoms with van der Waals surface area (Å²) in [5.41, 5.74) is 18.6. The zero-order valence-corrected chi connectivity index (χ0v) is 48.2. The third-order valence-electron chi connectivity index (χ3n) is 16.0. The third-order valence-corrected chi connectivity index (χ3v) is 16.0. The largest absolute Gasteiger partial charge is 0.309 e. The van der Waals surface area contributed by atoms with Gasteiger partial charge in [-0.05, 0) is 146 Å². The lowest BCUT2D eigenvalue weighted by molar-refractivity contribution is 0.590. The molecule has 0 spiro atoms. The number of nitriles is 1. The topological polar surface area (TPSA) is 72.3 Å². The molecular weight excluding hydrogens is 973 g/mol. The van der Waals surface area contributed by atoms with Gasteiger partial charge in [-0.1, -0.05) is 192 Å². The molecule has 0 aliphatic heterocycles. The Kier molecular flexibility index (Phi) is 12.4. The van der Waals surface area contributed by atoms with Crippen molar-refractivity contribution in [2.75, 3.05) is 0 Å².